The van der Waals surface area contributed by atoms with Crippen molar-refractivity contribution in [3.8, 4) is 0 Å². The molecular formula is C13H13F3N2O2. The largest absolute Gasteiger partial charge is 0.416 e. The van der Waals surface area contributed by atoms with E-state index in [0.717, 1.165) is 35.6 Å². The molecule has 7 heteroatoms. The number of hydrogen-bond donors (Lipinski definition) is 1. The quantitative estimate of drug-likeness (QED) is 0.868. The van der Waals surface area contributed by atoms with Crippen molar-refractivity contribution in [2.75, 3.05) is 4.90 Å². The highest BCUT2D eigenvalue weighted by Gasteiger charge is 2.38. The number of alkyl halides is 3. The minimum absolute atomic E-state index is 0.138. The first-order valence-electron chi connectivity index (χ1n) is 6.16. The van der Waals surface area contributed by atoms with E-state index < -0.39 is 29.7 Å². The Hall–Kier alpha value is -2.05. The van der Waals surface area contributed by atoms with Crippen molar-refractivity contribution < 1.29 is 22.8 Å². The summed E-state index contributed by atoms with van der Waals surface area (Å²) in [5, 5.41) is 2.51. The molecule has 0 aliphatic carbocycles. The molecule has 3 amide bonds. The van der Waals surface area contributed by atoms with E-state index in [1.165, 1.54) is 0 Å². The molecule has 1 unspecified atom stereocenters. The van der Waals surface area contributed by atoms with E-state index in [1.54, 1.807) is 0 Å². The molecule has 1 fully saturated rings. The van der Waals surface area contributed by atoms with Crippen LogP contribution in [0.3, 0.4) is 0 Å². The van der Waals surface area contributed by atoms with Crippen LogP contribution in [-0.2, 0) is 11.0 Å². The predicted octanol–water partition coefficient (Wildman–Crippen LogP) is 2.93. The van der Waals surface area contributed by atoms with Gasteiger partial charge < -0.3 is 5.32 Å². The number of carbonyl (C=O) groups is 2. The number of imide groups is 1. The van der Waals surface area contributed by atoms with Crippen LogP contribution in [0.25, 0.3) is 0 Å². The van der Waals surface area contributed by atoms with Gasteiger partial charge in [0.05, 0.1) is 11.3 Å². The van der Waals surface area contributed by atoms with E-state index in [-0.39, 0.29) is 5.69 Å². The third-order valence-corrected chi connectivity index (χ3v) is 3.05. The van der Waals surface area contributed by atoms with Gasteiger partial charge in [-0.1, -0.05) is 13.3 Å². The molecule has 0 bridgehead atoms. The number of rotatable bonds is 3. The lowest BCUT2D eigenvalue weighted by Crippen LogP contribution is -2.31. The summed E-state index contributed by atoms with van der Waals surface area (Å²) in [5.41, 5.74) is -0.683. The topological polar surface area (TPSA) is 49.4 Å². The van der Waals surface area contributed by atoms with E-state index in [4.69, 9.17) is 0 Å². The number of nitrogens with one attached hydrogen (secondary N) is 1. The van der Waals surface area contributed by atoms with Gasteiger partial charge in [0.1, 0.15) is 6.04 Å². The number of urea groups is 1. The van der Waals surface area contributed by atoms with Crippen LogP contribution in [0.4, 0.5) is 23.7 Å². The summed E-state index contributed by atoms with van der Waals surface area (Å²) in [6.07, 6.45) is -3.22. The summed E-state index contributed by atoms with van der Waals surface area (Å²) in [6, 6.07) is 2.73. The van der Waals surface area contributed by atoms with Crippen LogP contribution in [0.1, 0.15) is 25.3 Å². The van der Waals surface area contributed by atoms with Crippen molar-refractivity contribution in [3.63, 3.8) is 0 Å². The molecule has 1 aromatic carbocycles. The number of hydrogen-bond acceptors (Lipinski definition) is 2. The van der Waals surface area contributed by atoms with Crippen LogP contribution in [-0.4, -0.2) is 18.0 Å². The monoisotopic (exact) mass is 286 g/mol. The fourth-order valence-electron chi connectivity index (χ4n) is 2.06. The lowest BCUT2D eigenvalue weighted by atomic mass is 10.1. The number of halogens is 3. The van der Waals surface area contributed by atoms with Crippen molar-refractivity contribution in [3.05, 3.63) is 29.8 Å². The Morgan fingerprint density at radius 1 is 1.20 bits per heavy atom. The fraction of sp³-hybridized carbons (Fsp3) is 0.385. The highest BCUT2D eigenvalue weighted by molar-refractivity contribution is 6.21. The fourth-order valence-corrected chi connectivity index (χ4v) is 2.06. The maximum atomic E-state index is 12.5. The SMILES string of the molecule is CCCC1NC(=O)N(c2ccc(C(F)(F)F)cc2)C1=O. The third kappa shape index (κ3) is 2.61. The van der Waals surface area contributed by atoms with E-state index >= 15 is 0 Å². The first kappa shape index (κ1) is 14.4. The zero-order valence-electron chi connectivity index (χ0n) is 10.7. The van der Waals surface area contributed by atoms with Crippen molar-refractivity contribution in [2.24, 2.45) is 0 Å². The van der Waals surface area contributed by atoms with Gasteiger partial charge in [0.25, 0.3) is 5.91 Å². The molecule has 0 aromatic heterocycles. The Bertz CT molecular complexity index is 525. The summed E-state index contributed by atoms with van der Waals surface area (Å²) >= 11 is 0. The molecule has 1 N–H and O–H groups in total. The van der Waals surface area contributed by atoms with Crippen LogP contribution in [0.2, 0.25) is 0 Å². The first-order chi connectivity index (χ1) is 9.34. The number of amides is 3. The van der Waals surface area contributed by atoms with Crippen LogP contribution in [0.5, 0.6) is 0 Å². The van der Waals surface area contributed by atoms with Gasteiger partial charge in [0.2, 0.25) is 0 Å². The molecule has 1 aliphatic rings. The Morgan fingerprint density at radius 3 is 2.30 bits per heavy atom. The maximum absolute atomic E-state index is 12.5. The first-order valence-corrected chi connectivity index (χ1v) is 6.16. The highest BCUT2D eigenvalue weighted by atomic mass is 19.4. The molecule has 4 nitrogen and oxygen atoms in total. The molecule has 1 aliphatic heterocycles. The Labute approximate surface area is 113 Å². The minimum atomic E-state index is -4.44. The summed E-state index contributed by atoms with van der Waals surface area (Å²) in [6.45, 7) is 1.88. The summed E-state index contributed by atoms with van der Waals surface area (Å²) < 4.78 is 37.4. The average Bonchev–Trinajstić information content (AvgIpc) is 2.64. The summed E-state index contributed by atoms with van der Waals surface area (Å²) in [4.78, 5) is 24.6. The second-order valence-corrected chi connectivity index (χ2v) is 4.51. The zero-order chi connectivity index (χ0) is 14.9. The lowest BCUT2D eigenvalue weighted by molar-refractivity contribution is -0.137. The summed E-state index contributed by atoms with van der Waals surface area (Å²) in [7, 11) is 0. The molecular weight excluding hydrogens is 273 g/mol. The van der Waals surface area contributed by atoms with Gasteiger partial charge in [-0.2, -0.15) is 13.2 Å². The summed E-state index contributed by atoms with van der Waals surface area (Å²) in [5.74, 6) is -0.434. The Kier molecular flexibility index (Phi) is 3.69. The molecule has 1 saturated heterocycles. The Morgan fingerprint density at radius 2 is 1.80 bits per heavy atom. The van der Waals surface area contributed by atoms with Crippen molar-refractivity contribution >= 4 is 17.6 Å². The van der Waals surface area contributed by atoms with Crippen LogP contribution < -0.4 is 10.2 Å². The highest BCUT2D eigenvalue weighted by Crippen LogP contribution is 2.31. The molecule has 20 heavy (non-hydrogen) atoms. The average molecular weight is 286 g/mol. The lowest BCUT2D eigenvalue weighted by Gasteiger charge is -2.14. The molecule has 0 radical (unpaired) electrons. The molecule has 1 atom stereocenters. The normalized spacial score (nSPS) is 19.4. The van der Waals surface area contributed by atoms with Gasteiger partial charge in [0.15, 0.2) is 0 Å². The number of anilines is 1. The Balaban J connectivity index is 2.24. The van der Waals surface area contributed by atoms with Crippen LogP contribution >= 0.6 is 0 Å². The van der Waals surface area contributed by atoms with Crippen molar-refractivity contribution in [1.29, 1.82) is 0 Å². The number of benzene rings is 1. The second kappa shape index (κ2) is 5.15. The van der Waals surface area contributed by atoms with Gasteiger partial charge >= 0.3 is 12.2 Å². The van der Waals surface area contributed by atoms with Gasteiger partial charge in [-0.25, -0.2) is 9.69 Å². The van der Waals surface area contributed by atoms with Gasteiger partial charge in [-0.05, 0) is 30.7 Å². The van der Waals surface area contributed by atoms with E-state index in [9.17, 15) is 22.8 Å². The van der Waals surface area contributed by atoms with Crippen molar-refractivity contribution in [1.82, 2.24) is 5.32 Å². The van der Waals surface area contributed by atoms with Gasteiger partial charge in [-0.3, -0.25) is 4.79 Å². The van der Waals surface area contributed by atoms with Gasteiger partial charge in [-0.15, -0.1) is 0 Å². The molecule has 1 aromatic rings. The van der Waals surface area contributed by atoms with E-state index in [2.05, 4.69) is 5.32 Å². The smallest absolute Gasteiger partial charge is 0.325 e. The standard InChI is InChI=1S/C13H13F3N2O2/c1-2-3-10-11(19)18(12(20)17-10)9-6-4-8(5-7-9)13(14,15)16/h4-7,10H,2-3H2,1H3,(H,17,20). The maximum Gasteiger partial charge on any atom is 0.416 e. The van der Waals surface area contributed by atoms with Crippen LogP contribution in [0.15, 0.2) is 24.3 Å². The minimum Gasteiger partial charge on any atom is -0.325 e. The number of nitrogens with zero attached hydrogens (tertiary/aromatic N) is 1. The van der Waals surface area contributed by atoms with Gasteiger partial charge in [0, 0.05) is 0 Å². The van der Waals surface area contributed by atoms with Crippen LogP contribution in [0, 0.1) is 0 Å². The third-order valence-electron chi connectivity index (χ3n) is 3.05. The predicted molar refractivity (Wildman–Crippen MR) is 66.2 cm³/mol. The number of carbonyl (C=O) groups excluding carboxylic acids is 2. The molecule has 0 saturated carbocycles. The van der Waals surface area contributed by atoms with E-state index in [1.807, 2.05) is 6.92 Å². The zero-order valence-corrected chi connectivity index (χ0v) is 10.7. The molecule has 2 rings (SSSR count). The molecule has 0 spiro atoms. The molecule has 108 valence electrons. The van der Waals surface area contributed by atoms with E-state index in [0.29, 0.717) is 6.42 Å². The molecule has 1 heterocycles. The van der Waals surface area contributed by atoms with Crippen molar-refractivity contribution in [2.45, 2.75) is 32.0 Å². The second-order valence-electron chi connectivity index (χ2n) is 4.51.